The van der Waals surface area contributed by atoms with Crippen molar-refractivity contribution in [1.29, 1.82) is 0 Å². The topological polar surface area (TPSA) is 56.7 Å². The third-order valence-corrected chi connectivity index (χ3v) is 3.13. The van der Waals surface area contributed by atoms with E-state index in [2.05, 4.69) is 26.2 Å². The molecule has 4 nitrogen and oxygen atoms in total. The summed E-state index contributed by atoms with van der Waals surface area (Å²) in [6, 6.07) is 5.53. The zero-order chi connectivity index (χ0) is 10.8. The molecule has 0 radical (unpaired) electrons. The number of nitrogens with zero attached hydrogens (tertiary/aromatic N) is 3. The standard InChI is InChI=1S/C9H8BrClN4/c10-8-3-7(1-2-9(8)11)15-5-6(4-12)13-14-15/h1-3,5H,4,12H2. The maximum absolute atomic E-state index is 5.89. The van der Waals surface area contributed by atoms with Gasteiger partial charge in [0, 0.05) is 11.0 Å². The van der Waals surface area contributed by atoms with E-state index < -0.39 is 0 Å². The molecule has 2 aromatic rings. The third-order valence-electron chi connectivity index (χ3n) is 1.92. The first-order valence-electron chi connectivity index (χ1n) is 4.27. The van der Waals surface area contributed by atoms with Gasteiger partial charge in [-0.05, 0) is 34.1 Å². The molecule has 0 fully saturated rings. The van der Waals surface area contributed by atoms with Crippen molar-refractivity contribution in [3.63, 3.8) is 0 Å². The molecular weight excluding hydrogens is 279 g/mol. The van der Waals surface area contributed by atoms with E-state index in [-0.39, 0.29) is 0 Å². The minimum Gasteiger partial charge on any atom is -0.325 e. The molecule has 1 aromatic heterocycles. The number of hydrogen-bond donors (Lipinski definition) is 1. The molecule has 78 valence electrons. The van der Waals surface area contributed by atoms with Crippen LogP contribution in [0.1, 0.15) is 5.69 Å². The van der Waals surface area contributed by atoms with Gasteiger partial charge in [0.2, 0.25) is 0 Å². The lowest BCUT2D eigenvalue weighted by Crippen LogP contribution is -1.96. The first-order chi connectivity index (χ1) is 7.20. The van der Waals surface area contributed by atoms with Crippen LogP contribution in [0.2, 0.25) is 5.02 Å². The Labute approximate surface area is 100 Å². The number of nitrogens with two attached hydrogens (primary N) is 1. The highest BCUT2D eigenvalue weighted by molar-refractivity contribution is 9.10. The Hall–Kier alpha value is -0.910. The number of hydrogen-bond acceptors (Lipinski definition) is 3. The van der Waals surface area contributed by atoms with E-state index in [0.717, 1.165) is 15.9 Å². The molecule has 15 heavy (non-hydrogen) atoms. The van der Waals surface area contributed by atoms with Crippen LogP contribution in [-0.2, 0) is 6.54 Å². The molecule has 1 heterocycles. The van der Waals surface area contributed by atoms with Crippen LogP contribution in [0.3, 0.4) is 0 Å². The van der Waals surface area contributed by atoms with Gasteiger partial charge < -0.3 is 5.73 Å². The molecule has 0 unspecified atom stereocenters. The van der Waals surface area contributed by atoms with Crippen LogP contribution in [0.25, 0.3) is 5.69 Å². The highest BCUT2D eigenvalue weighted by Gasteiger charge is 2.03. The summed E-state index contributed by atoms with van der Waals surface area (Å²) in [6.45, 7) is 0.384. The van der Waals surface area contributed by atoms with Crippen LogP contribution in [0, 0.1) is 0 Å². The zero-order valence-corrected chi connectivity index (χ0v) is 10.0. The monoisotopic (exact) mass is 286 g/mol. The van der Waals surface area contributed by atoms with Crippen LogP contribution in [0.15, 0.2) is 28.9 Å². The predicted molar refractivity (Wildman–Crippen MR) is 62.0 cm³/mol. The van der Waals surface area contributed by atoms with Gasteiger partial charge in [0.05, 0.1) is 22.6 Å². The molecular formula is C9H8BrClN4. The van der Waals surface area contributed by atoms with Crippen molar-refractivity contribution in [2.24, 2.45) is 5.73 Å². The minimum absolute atomic E-state index is 0.384. The second-order valence-electron chi connectivity index (χ2n) is 2.96. The average molecular weight is 288 g/mol. The van der Waals surface area contributed by atoms with E-state index in [9.17, 15) is 0 Å². The molecule has 0 aliphatic heterocycles. The Morgan fingerprint density at radius 3 is 2.87 bits per heavy atom. The predicted octanol–water partition coefficient (Wildman–Crippen LogP) is 2.14. The molecule has 0 saturated carbocycles. The van der Waals surface area contributed by atoms with Crippen molar-refractivity contribution in [2.75, 3.05) is 0 Å². The van der Waals surface area contributed by atoms with Crippen molar-refractivity contribution in [3.05, 3.63) is 39.6 Å². The molecule has 6 heteroatoms. The molecule has 1 aromatic carbocycles. The van der Waals surface area contributed by atoms with Crippen LogP contribution in [0.5, 0.6) is 0 Å². The van der Waals surface area contributed by atoms with Gasteiger partial charge in [-0.25, -0.2) is 4.68 Å². The fourth-order valence-corrected chi connectivity index (χ4v) is 1.63. The van der Waals surface area contributed by atoms with Gasteiger partial charge >= 0.3 is 0 Å². The van der Waals surface area contributed by atoms with E-state index in [1.807, 2.05) is 12.1 Å². The van der Waals surface area contributed by atoms with Crippen LogP contribution >= 0.6 is 27.5 Å². The lowest BCUT2D eigenvalue weighted by atomic mass is 10.3. The molecule has 0 saturated heterocycles. The second-order valence-corrected chi connectivity index (χ2v) is 4.22. The Bertz CT molecular complexity index is 483. The van der Waals surface area contributed by atoms with Crippen molar-refractivity contribution in [2.45, 2.75) is 6.54 Å². The first-order valence-corrected chi connectivity index (χ1v) is 5.44. The van der Waals surface area contributed by atoms with E-state index in [0.29, 0.717) is 11.6 Å². The lowest BCUT2D eigenvalue weighted by Gasteiger charge is -2.01. The van der Waals surface area contributed by atoms with Crippen molar-refractivity contribution in [1.82, 2.24) is 15.0 Å². The summed E-state index contributed by atoms with van der Waals surface area (Å²) in [5.74, 6) is 0. The number of rotatable bonds is 2. The van der Waals surface area contributed by atoms with Gasteiger partial charge in [-0.2, -0.15) is 0 Å². The van der Waals surface area contributed by atoms with Gasteiger partial charge in [-0.15, -0.1) is 5.10 Å². The number of benzene rings is 1. The van der Waals surface area contributed by atoms with E-state index in [4.69, 9.17) is 17.3 Å². The van der Waals surface area contributed by atoms with Crippen LogP contribution < -0.4 is 5.73 Å². The van der Waals surface area contributed by atoms with Gasteiger partial charge in [-0.3, -0.25) is 0 Å². The fraction of sp³-hybridized carbons (Fsp3) is 0.111. The quantitative estimate of drug-likeness (QED) is 0.920. The minimum atomic E-state index is 0.384. The van der Waals surface area contributed by atoms with Gasteiger partial charge in [-0.1, -0.05) is 16.8 Å². The van der Waals surface area contributed by atoms with E-state index >= 15 is 0 Å². The average Bonchev–Trinajstić information content (AvgIpc) is 2.70. The maximum atomic E-state index is 5.89. The Kier molecular flexibility index (Phi) is 3.04. The Morgan fingerprint density at radius 1 is 1.47 bits per heavy atom. The molecule has 0 aliphatic carbocycles. The number of halogens is 2. The summed E-state index contributed by atoms with van der Waals surface area (Å²) >= 11 is 9.24. The molecule has 0 spiro atoms. The van der Waals surface area contributed by atoms with E-state index in [1.54, 1.807) is 16.9 Å². The lowest BCUT2D eigenvalue weighted by molar-refractivity contribution is 0.796. The fourth-order valence-electron chi connectivity index (χ4n) is 1.15. The Morgan fingerprint density at radius 2 is 2.27 bits per heavy atom. The molecule has 2 rings (SSSR count). The van der Waals surface area contributed by atoms with Crippen LogP contribution in [0.4, 0.5) is 0 Å². The number of aromatic nitrogens is 3. The molecule has 2 N–H and O–H groups in total. The molecule has 0 atom stereocenters. The zero-order valence-electron chi connectivity index (χ0n) is 7.69. The molecule has 0 aliphatic rings. The molecule has 0 bridgehead atoms. The smallest absolute Gasteiger partial charge is 0.0967 e. The summed E-state index contributed by atoms with van der Waals surface area (Å²) in [4.78, 5) is 0. The third kappa shape index (κ3) is 2.19. The summed E-state index contributed by atoms with van der Waals surface area (Å²) in [5.41, 5.74) is 7.09. The van der Waals surface area contributed by atoms with E-state index in [1.165, 1.54) is 0 Å². The second kappa shape index (κ2) is 4.30. The normalized spacial score (nSPS) is 10.6. The summed E-state index contributed by atoms with van der Waals surface area (Å²) in [7, 11) is 0. The Balaban J connectivity index is 2.40. The SMILES string of the molecule is NCc1cn(-c2ccc(Cl)c(Br)c2)nn1. The largest absolute Gasteiger partial charge is 0.325 e. The van der Waals surface area contributed by atoms with Crippen LogP contribution in [-0.4, -0.2) is 15.0 Å². The highest BCUT2D eigenvalue weighted by Crippen LogP contribution is 2.24. The highest BCUT2D eigenvalue weighted by atomic mass is 79.9. The van der Waals surface area contributed by atoms with Crippen molar-refractivity contribution >= 4 is 27.5 Å². The molecule has 0 amide bonds. The first kappa shape index (κ1) is 10.6. The van der Waals surface area contributed by atoms with Gasteiger partial charge in [0.15, 0.2) is 0 Å². The van der Waals surface area contributed by atoms with Crippen molar-refractivity contribution in [3.8, 4) is 5.69 Å². The van der Waals surface area contributed by atoms with Gasteiger partial charge in [0.25, 0.3) is 0 Å². The summed E-state index contributed by atoms with van der Waals surface area (Å²) in [5, 5.41) is 8.52. The maximum Gasteiger partial charge on any atom is 0.0967 e. The van der Waals surface area contributed by atoms with Crippen molar-refractivity contribution < 1.29 is 0 Å². The summed E-state index contributed by atoms with van der Waals surface area (Å²) in [6.07, 6.45) is 1.79. The van der Waals surface area contributed by atoms with Gasteiger partial charge in [0.1, 0.15) is 0 Å². The summed E-state index contributed by atoms with van der Waals surface area (Å²) < 4.78 is 2.48.